The van der Waals surface area contributed by atoms with Crippen molar-refractivity contribution < 1.29 is 0 Å². The first-order valence-electron chi connectivity index (χ1n) is 9.47. The predicted molar refractivity (Wildman–Crippen MR) is 102 cm³/mol. The Kier molecular flexibility index (Phi) is 11.2. The molecule has 0 aromatic carbocycles. The fraction of sp³-hybridized carbons (Fsp3) is 1.00. The van der Waals surface area contributed by atoms with Gasteiger partial charge in [0, 0.05) is 5.25 Å². The van der Waals surface area contributed by atoms with Gasteiger partial charge in [-0.15, -0.1) is 0 Å². The number of hydrogen-bond donors (Lipinski definition) is 1. The molecule has 7 unspecified atom stereocenters. The first kappa shape index (κ1) is 21.4. The first-order chi connectivity index (χ1) is 9.79. The van der Waals surface area contributed by atoms with Crippen LogP contribution in [-0.4, -0.2) is 5.25 Å². The van der Waals surface area contributed by atoms with E-state index in [9.17, 15) is 0 Å². The van der Waals surface area contributed by atoms with E-state index in [4.69, 9.17) is 12.6 Å². The number of rotatable bonds is 11. The molecule has 0 saturated heterocycles. The second-order valence-electron chi connectivity index (χ2n) is 7.69. The molecule has 128 valence electrons. The summed E-state index contributed by atoms with van der Waals surface area (Å²) in [7, 11) is 0. The molecule has 0 nitrogen and oxygen atoms in total. The van der Waals surface area contributed by atoms with Gasteiger partial charge in [-0.2, -0.15) is 12.6 Å². The van der Waals surface area contributed by atoms with Gasteiger partial charge in [-0.1, -0.05) is 74.7 Å². The van der Waals surface area contributed by atoms with Gasteiger partial charge in [-0.3, -0.25) is 0 Å². The minimum Gasteiger partial charge on any atom is -0.176 e. The Bertz CT molecular complexity index is 250. The molecule has 7 atom stereocenters. The molecule has 0 N–H and O–H groups in total. The van der Waals surface area contributed by atoms with Crippen molar-refractivity contribution in [3.63, 3.8) is 0 Å². The highest BCUT2D eigenvalue weighted by Crippen LogP contribution is 2.39. The van der Waals surface area contributed by atoms with Crippen LogP contribution in [0.1, 0.15) is 87.5 Å². The maximum absolute atomic E-state index is 4.86. The van der Waals surface area contributed by atoms with E-state index >= 15 is 0 Å². The lowest BCUT2D eigenvalue weighted by molar-refractivity contribution is 0.118. The average Bonchev–Trinajstić information content (AvgIpc) is 2.49. The van der Waals surface area contributed by atoms with Crippen LogP contribution < -0.4 is 0 Å². The summed E-state index contributed by atoms with van der Waals surface area (Å²) in [6.45, 7) is 19.3. The highest BCUT2D eigenvalue weighted by molar-refractivity contribution is 7.80. The summed E-state index contributed by atoms with van der Waals surface area (Å²) in [4.78, 5) is 0. The van der Waals surface area contributed by atoms with E-state index in [2.05, 4.69) is 55.4 Å². The standard InChI is InChI=1S/C20H42S/c1-9-12-19(21)13-20(15(5)11-3)18(8)17(7)16(6)14(4)10-2/h14-21H,9-13H2,1-8H3. The molecule has 0 amide bonds. The lowest BCUT2D eigenvalue weighted by Gasteiger charge is -2.38. The molecule has 1 heteroatoms. The van der Waals surface area contributed by atoms with Crippen molar-refractivity contribution in [1.29, 1.82) is 0 Å². The molecule has 0 heterocycles. The quantitative estimate of drug-likeness (QED) is 0.387. The van der Waals surface area contributed by atoms with Gasteiger partial charge >= 0.3 is 0 Å². The molecule has 0 spiro atoms. The van der Waals surface area contributed by atoms with Crippen molar-refractivity contribution in [2.75, 3.05) is 0 Å². The summed E-state index contributed by atoms with van der Waals surface area (Å²) >= 11 is 4.86. The molecule has 0 aliphatic rings. The summed E-state index contributed by atoms with van der Waals surface area (Å²) in [6, 6.07) is 0. The molecule has 21 heavy (non-hydrogen) atoms. The Balaban J connectivity index is 4.88. The first-order valence-corrected chi connectivity index (χ1v) is 9.99. The molecule has 0 radical (unpaired) electrons. The molecule has 0 aliphatic carbocycles. The SMILES string of the molecule is CCCC(S)CC(C(C)CC)C(C)C(C)C(C)C(C)CC. The third-order valence-electron chi connectivity index (χ3n) is 6.42. The van der Waals surface area contributed by atoms with Crippen LogP contribution in [0.4, 0.5) is 0 Å². The molecule has 0 fully saturated rings. The summed E-state index contributed by atoms with van der Waals surface area (Å²) in [5.41, 5.74) is 0. The van der Waals surface area contributed by atoms with Gasteiger partial charge in [0.1, 0.15) is 0 Å². The zero-order valence-corrected chi connectivity index (χ0v) is 16.9. The Labute approximate surface area is 141 Å². The van der Waals surface area contributed by atoms with Crippen LogP contribution in [-0.2, 0) is 0 Å². The monoisotopic (exact) mass is 314 g/mol. The number of hydrogen-bond acceptors (Lipinski definition) is 1. The van der Waals surface area contributed by atoms with Crippen molar-refractivity contribution in [3.8, 4) is 0 Å². The van der Waals surface area contributed by atoms with E-state index < -0.39 is 0 Å². The Morgan fingerprint density at radius 3 is 1.67 bits per heavy atom. The third-order valence-corrected chi connectivity index (χ3v) is 6.89. The van der Waals surface area contributed by atoms with Gasteiger partial charge in [-0.05, 0) is 48.3 Å². The fourth-order valence-corrected chi connectivity index (χ4v) is 4.29. The molecule has 0 bridgehead atoms. The van der Waals surface area contributed by atoms with Crippen LogP contribution in [0.15, 0.2) is 0 Å². The zero-order valence-electron chi connectivity index (χ0n) is 16.0. The van der Waals surface area contributed by atoms with Crippen molar-refractivity contribution in [2.45, 2.75) is 92.7 Å². The Morgan fingerprint density at radius 1 is 0.714 bits per heavy atom. The van der Waals surface area contributed by atoms with Gasteiger partial charge in [0.15, 0.2) is 0 Å². The number of thiol groups is 1. The van der Waals surface area contributed by atoms with E-state index in [0.717, 1.165) is 35.5 Å². The summed E-state index contributed by atoms with van der Waals surface area (Å²) in [5.74, 6) is 4.91. The lowest BCUT2D eigenvalue weighted by atomic mass is 9.68. The Morgan fingerprint density at radius 2 is 1.24 bits per heavy atom. The van der Waals surface area contributed by atoms with Crippen molar-refractivity contribution in [3.05, 3.63) is 0 Å². The van der Waals surface area contributed by atoms with Crippen LogP contribution in [0.3, 0.4) is 0 Å². The third kappa shape index (κ3) is 6.97. The van der Waals surface area contributed by atoms with Crippen LogP contribution in [0.25, 0.3) is 0 Å². The summed E-state index contributed by atoms with van der Waals surface area (Å²) in [5, 5.41) is 0.586. The van der Waals surface area contributed by atoms with Crippen molar-refractivity contribution in [2.24, 2.45) is 35.5 Å². The second-order valence-corrected chi connectivity index (χ2v) is 8.42. The zero-order chi connectivity index (χ0) is 16.6. The maximum atomic E-state index is 4.86. The van der Waals surface area contributed by atoms with Gasteiger partial charge in [-0.25, -0.2) is 0 Å². The van der Waals surface area contributed by atoms with Crippen LogP contribution in [0.2, 0.25) is 0 Å². The van der Waals surface area contributed by atoms with Crippen LogP contribution in [0, 0.1) is 35.5 Å². The molecular weight excluding hydrogens is 272 g/mol. The van der Waals surface area contributed by atoms with E-state index in [1.165, 1.54) is 32.1 Å². The molecule has 0 aromatic rings. The normalized spacial score (nSPS) is 22.1. The average molecular weight is 315 g/mol. The van der Waals surface area contributed by atoms with Gasteiger partial charge < -0.3 is 0 Å². The smallest absolute Gasteiger partial charge is 0.00195 e. The topological polar surface area (TPSA) is 0 Å². The van der Waals surface area contributed by atoms with Gasteiger partial charge in [0.2, 0.25) is 0 Å². The van der Waals surface area contributed by atoms with E-state index in [-0.39, 0.29) is 0 Å². The predicted octanol–water partition coefficient (Wildman–Crippen LogP) is 7.09. The van der Waals surface area contributed by atoms with Gasteiger partial charge in [0.05, 0.1) is 0 Å². The fourth-order valence-electron chi connectivity index (χ4n) is 3.79. The van der Waals surface area contributed by atoms with Crippen LogP contribution in [0.5, 0.6) is 0 Å². The van der Waals surface area contributed by atoms with E-state index in [1.54, 1.807) is 0 Å². The highest BCUT2D eigenvalue weighted by Gasteiger charge is 2.31. The van der Waals surface area contributed by atoms with Crippen LogP contribution >= 0.6 is 12.6 Å². The Hall–Kier alpha value is 0.350. The molecular formula is C20H42S. The van der Waals surface area contributed by atoms with E-state index in [0.29, 0.717) is 5.25 Å². The molecule has 0 saturated carbocycles. The molecule has 0 aliphatic heterocycles. The minimum absolute atomic E-state index is 0.586. The largest absolute Gasteiger partial charge is 0.176 e. The summed E-state index contributed by atoms with van der Waals surface area (Å²) < 4.78 is 0. The van der Waals surface area contributed by atoms with Crippen molar-refractivity contribution >= 4 is 12.6 Å². The molecule has 0 aromatic heterocycles. The summed E-state index contributed by atoms with van der Waals surface area (Å²) in [6.07, 6.45) is 6.42. The highest BCUT2D eigenvalue weighted by atomic mass is 32.1. The van der Waals surface area contributed by atoms with Crippen molar-refractivity contribution in [1.82, 2.24) is 0 Å². The minimum atomic E-state index is 0.586. The molecule has 0 rings (SSSR count). The van der Waals surface area contributed by atoms with Gasteiger partial charge in [0.25, 0.3) is 0 Å². The second kappa shape index (κ2) is 11.0. The maximum Gasteiger partial charge on any atom is 0.00195 e. The lowest BCUT2D eigenvalue weighted by Crippen LogP contribution is -2.31. The van der Waals surface area contributed by atoms with E-state index in [1.807, 2.05) is 0 Å².